The number of aromatic nitrogens is 1. The molecule has 2 rings (SSSR count). The number of halogens is 1. The van der Waals surface area contributed by atoms with Gasteiger partial charge in [0.05, 0.1) is 14.2 Å². The second-order valence-corrected chi connectivity index (χ2v) is 5.49. The quantitative estimate of drug-likeness (QED) is 0.899. The lowest BCUT2D eigenvalue weighted by molar-refractivity contribution is 0.0779. The van der Waals surface area contributed by atoms with E-state index in [1.807, 2.05) is 12.1 Å². The second-order valence-electron chi connectivity index (χ2n) is 4.57. The Morgan fingerprint density at radius 2 is 2.05 bits per heavy atom. The molecule has 1 N–H and O–H groups in total. The number of hydrogen-bond donors (Lipinski definition) is 1. The molecular formula is C15H17BrN2O3. The minimum Gasteiger partial charge on any atom is -0.497 e. The molecule has 0 saturated heterocycles. The normalized spacial score (nSPS) is 10.3. The molecule has 0 aliphatic heterocycles. The molecule has 0 saturated carbocycles. The van der Waals surface area contributed by atoms with Crippen LogP contribution >= 0.6 is 15.9 Å². The van der Waals surface area contributed by atoms with Crippen LogP contribution in [0.2, 0.25) is 0 Å². The highest BCUT2D eigenvalue weighted by Crippen LogP contribution is 2.25. The Hall–Kier alpha value is -1.95. The van der Waals surface area contributed by atoms with Crippen molar-refractivity contribution in [1.82, 2.24) is 9.88 Å². The van der Waals surface area contributed by atoms with E-state index in [1.165, 1.54) is 0 Å². The van der Waals surface area contributed by atoms with Gasteiger partial charge < -0.3 is 19.4 Å². The van der Waals surface area contributed by atoms with Crippen LogP contribution in [0, 0.1) is 0 Å². The van der Waals surface area contributed by atoms with Gasteiger partial charge in [-0.15, -0.1) is 0 Å². The van der Waals surface area contributed by atoms with Crippen molar-refractivity contribution in [2.24, 2.45) is 0 Å². The van der Waals surface area contributed by atoms with Crippen molar-refractivity contribution in [3.8, 4) is 11.5 Å². The number of aromatic amines is 1. The maximum atomic E-state index is 12.3. The predicted molar refractivity (Wildman–Crippen MR) is 83.8 cm³/mol. The van der Waals surface area contributed by atoms with E-state index in [4.69, 9.17) is 9.47 Å². The van der Waals surface area contributed by atoms with Gasteiger partial charge >= 0.3 is 0 Å². The Bertz CT molecular complexity index is 640. The number of carbonyl (C=O) groups excluding carboxylic acids is 1. The molecule has 1 aromatic heterocycles. The lowest BCUT2D eigenvalue weighted by Gasteiger charge is -2.18. The molecule has 0 atom stereocenters. The zero-order valence-electron chi connectivity index (χ0n) is 12.1. The molecule has 0 aliphatic rings. The number of rotatable bonds is 5. The molecule has 1 heterocycles. The summed E-state index contributed by atoms with van der Waals surface area (Å²) < 4.78 is 11.4. The molecule has 112 valence electrons. The summed E-state index contributed by atoms with van der Waals surface area (Å²) >= 11 is 3.32. The smallest absolute Gasteiger partial charge is 0.270 e. The number of benzene rings is 1. The molecule has 21 heavy (non-hydrogen) atoms. The van der Waals surface area contributed by atoms with Crippen LogP contribution in [-0.2, 0) is 6.54 Å². The van der Waals surface area contributed by atoms with Gasteiger partial charge in [-0.05, 0) is 34.1 Å². The van der Waals surface area contributed by atoms with Crippen LogP contribution < -0.4 is 9.47 Å². The highest BCUT2D eigenvalue weighted by Gasteiger charge is 2.16. The fourth-order valence-corrected chi connectivity index (χ4v) is 2.35. The zero-order valence-corrected chi connectivity index (χ0v) is 13.7. The number of amides is 1. The third-order valence-electron chi connectivity index (χ3n) is 3.13. The summed E-state index contributed by atoms with van der Waals surface area (Å²) in [7, 11) is 4.95. The van der Waals surface area contributed by atoms with Crippen molar-refractivity contribution in [1.29, 1.82) is 0 Å². The molecule has 0 aliphatic carbocycles. The van der Waals surface area contributed by atoms with Gasteiger partial charge in [0.2, 0.25) is 0 Å². The average molecular weight is 353 g/mol. The third kappa shape index (κ3) is 3.58. The molecule has 0 unspecified atom stereocenters. The average Bonchev–Trinajstić information content (AvgIpc) is 2.93. The minimum atomic E-state index is -0.0847. The summed E-state index contributed by atoms with van der Waals surface area (Å²) in [5.74, 6) is 1.33. The Balaban J connectivity index is 2.15. The van der Waals surface area contributed by atoms with Crippen LogP contribution in [-0.4, -0.2) is 37.1 Å². The zero-order chi connectivity index (χ0) is 15.4. The maximum absolute atomic E-state index is 12.3. The molecule has 2 aromatic rings. The van der Waals surface area contributed by atoms with Gasteiger partial charge in [-0.3, -0.25) is 4.79 Å². The molecule has 0 spiro atoms. The highest BCUT2D eigenvalue weighted by atomic mass is 79.9. The van der Waals surface area contributed by atoms with Gasteiger partial charge in [0.25, 0.3) is 5.91 Å². The van der Waals surface area contributed by atoms with Gasteiger partial charge in [0.15, 0.2) is 0 Å². The Morgan fingerprint density at radius 1 is 1.29 bits per heavy atom. The fourth-order valence-electron chi connectivity index (χ4n) is 2.01. The number of nitrogens with one attached hydrogen (secondary N) is 1. The van der Waals surface area contributed by atoms with Crippen LogP contribution in [0.15, 0.2) is 34.9 Å². The van der Waals surface area contributed by atoms with Crippen molar-refractivity contribution in [2.75, 3.05) is 21.3 Å². The monoisotopic (exact) mass is 352 g/mol. The first-order chi connectivity index (χ1) is 10.0. The van der Waals surface area contributed by atoms with Crippen molar-refractivity contribution in [2.45, 2.75) is 6.54 Å². The molecule has 0 radical (unpaired) electrons. The first-order valence-corrected chi connectivity index (χ1v) is 7.14. The van der Waals surface area contributed by atoms with Gasteiger partial charge in [-0.25, -0.2) is 0 Å². The van der Waals surface area contributed by atoms with Crippen LogP contribution in [0.3, 0.4) is 0 Å². The van der Waals surface area contributed by atoms with Crippen molar-refractivity contribution < 1.29 is 14.3 Å². The van der Waals surface area contributed by atoms with E-state index in [0.717, 1.165) is 15.8 Å². The van der Waals surface area contributed by atoms with Crippen LogP contribution in [0.5, 0.6) is 11.5 Å². The largest absolute Gasteiger partial charge is 0.497 e. The van der Waals surface area contributed by atoms with Gasteiger partial charge in [-0.1, -0.05) is 0 Å². The van der Waals surface area contributed by atoms with Crippen molar-refractivity contribution in [3.05, 3.63) is 46.2 Å². The lowest BCUT2D eigenvalue weighted by atomic mass is 10.1. The molecular weight excluding hydrogens is 336 g/mol. The summed E-state index contributed by atoms with van der Waals surface area (Å²) in [5, 5.41) is 0. The highest BCUT2D eigenvalue weighted by molar-refractivity contribution is 9.10. The molecule has 6 heteroatoms. The molecule has 1 aromatic carbocycles. The first kappa shape index (κ1) is 15.4. The van der Waals surface area contributed by atoms with Gasteiger partial charge in [-0.2, -0.15) is 0 Å². The van der Waals surface area contributed by atoms with Gasteiger partial charge in [0, 0.05) is 35.9 Å². The van der Waals surface area contributed by atoms with E-state index in [9.17, 15) is 4.79 Å². The maximum Gasteiger partial charge on any atom is 0.270 e. The van der Waals surface area contributed by atoms with E-state index in [-0.39, 0.29) is 5.91 Å². The summed E-state index contributed by atoms with van der Waals surface area (Å²) in [6, 6.07) is 7.30. The van der Waals surface area contributed by atoms with Crippen LogP contribution in [0.25, 0.3) is 0 Å². The standard InChI is InChI=1S/C15H17BrN2O3/c1-18(15(19)13-6-11(16)8-17-13)9-10-4-5-12(20-2)7-14(10)21-3/h4-8,17H,9H2,1-3H3. The summed E-state index contributed by atoms with van der Waals surface area (Å²) in [4.78, 5) is 16.9. The predicted octanol–water partition coefficient (Wildman–Crippen LogP) is 3.07. The topological polar surface area (TPSA) is 54.6 Å². The summed E-state index contributed by atoms with van der Waals surface area (Å²) in [5.41, 5.74) is 1.46. The van der Waals surface area contributed by atoms with E-state index in [0.29, 0.717) is 18.0 Å². The Morgan fingerprint density at radius 3 is 2.62 bits per heavy atom. The van der Waals surface area contributed by atoms with Crippen LogP contribution in [0.4, 0.5) is 0 Å². The number of nitrogens with zero attached hydrogens (tertiary/aromatic N) is 1. The van der Waals surface area contributed by atoms with Crippen LogP contribution in [0.1, 0.15) is 16.1 Å². The lowest BCUT2D eigenvalue weighted by Crippen LogP contribution is -2.26. The molecule has 0 bridgehead atoms. The van der Waals surface area contributed by atoms with E-state index in [1.54, 1.807) is 44.5 Å². The van der Waals surface area contributed by atoms with Crippen molar-refractivity contribution >= 4 is 21.8 Å². The summed E-state index contributed by atoms with van der Waals surface area (Å²) in [6.45, 7) is 0.447. The number of hydrogen-bond acceptors (Lipinski definition) is 3. The number of H-pyrrole nitrogens is 1. The molecule has 5 nitrogen and oxygen atoms in total. The number of carbonyl (C=O) groups is 1. The number of ether oxygens (including phenoxy) is 2. The van der Waals surface area contributed by atoms with Gasteiger partial charge in [0.1, 0.15) is 17.2 Å². The third-order valence-corrected chi connectivity index (χ3v) is 3.58. The molecule has 1 amide bonds. The minimum absolute atomic E-state index is 0.0847. The molecule has 0 fully saturated rings. The van der Waals surface area contributed by atoms with E-state index >= 15 is 0 Å². The Labute approximate surface area is 132 Å². The van der Waals surface area contributed by atoms with Crippen molar-refractivity contribution in [3.63, 3.8) is 0 Å². The van der Waals surface area contributed by atoms with E-state index < -0.39 is 0 Å². The summed E-state index contributed by atoms with van der Waals surface area (Å²) in [6.07, 6.45) is 1.73. The van der Waals surface area contributed by atoms with E-state index in [2.05, 4.69) is 20.9 Å². The first-order valence-electron chi connectivity index (χ1n) is 6.35. The SMILES string of the molecule is COc1ccc(CN(C)C(=O)c2cc(Br)c[nH]2)c(OC)c1. The Kier molecular flexibility index (Phi) is 4.90. The second kappa shape index (κ2) is 6.67. The fraction of sp³-hybridized carbons (Fsp3) is 0.267. The number of methoxy groups -OCH3 is 2.